The third-order valence-corrected chi connectivity index (χ3v) is 2.38. The Bertz CT molecular complexity index is 400. The lowest BCUT2D eigenvalue weighted by molar-refractivity contribution is -0.125. The predicted octanol–water partition coefficient (Wildman–Crippen LogP) is 0.0772. The molecule has 0 radical (unpaired) electrons. The number of amides is 1. The van der Waals surface area contributed by atoms with Crippen molar-refractivity contribution in [2.75, 3.05) is 6.54 Å². The van der Waals surface area contributed by atoms with Gasteiger partial charge in [-0.2, -0.15) is 5.26 Å². The molecule has 2 atom stereocenters. The highest BCUT2D eigenvalue weighted by molar-refractivity contribution is 5.78. The summed E-state index contributed by atoms with van der Waals surface area (Å²) >= 11 is 0. The SMILES string of the molecule is N#CCC(NCC(O)C(N)=O)c1ccccc1. The number of hydrogen-bond acceptors (Lipinski definition) is 4. The molecule has 5 nitrogen and oxygen atoms in total. The van der Waals surface area contributed by atoms with Crippen LogP contribution in [0.2, 0.25) is 0 Å². The predicted molar refractivity (Wildman–Crippen MR) is 62.6 cm³/mol. The molecule has 0 saturated heterocycles. The van der Waals surface area contributed by atoms with E-state index in [4.69, 9.17) is 11.0 Å². The van der Waals surface area contributed by atoms with Gasteiger partial charge in [0.1, 0.15) is 6.10 Å². The molecule has 17 heavy (non-hydrogen) atoms. The van der Waals surface area contributed by atoms with Gasteiger partial charge in [-0.3, -0.25) is 4.79 Å². The highest BCUT2D eigenvalue weighted by atomic mass is 16.3. The maximum Gasteiger partial charge on any atom is 0.247 e. The van der Waals surface area contributed by atoms with Gasteiger partial charge in [0.05, 0.1) is 12.5 Å². The third kappa shape index (κ3) is 4.23. The van der Waals surface area contributed by atoms with Crippen LogP contribution in [0.15, 0.2) is 30.3 Å². The van der Waals surface area contributed by atoms with Crippen molar-refractivity contribution in [2.24, 2.45) is 5.73 Å². The van der Waals surface area contributed by atoms with Crippen LogP contribution >= 0.6 is 0 Å². The lowest BCUT2D eigenvalue weighted by Crippen LogP contribution is -2.39. The standard InChI is InChI=1S/C12H15N3O2/c13-7-6-10(9-4-2-1-3-5-9)15-8-11(16)12(14)17/h1-5,10-11,15-16H,6,8H2,(H2,14,17). The Hall–Kier alpha value is -1.90. The number of carbonyl (C=O) groups excluding carboxylic acids is 1. The number of primary amides is 1. The number of aliphatic hydroxyl groups excluding tert-OH is 1. The fourth-order valence-corrected chi connectivity index (χ4v) is 1.44. The summed E-state index contributed by atoms with van der Waals surface area (Å²) in [5.41, 5.74) is 5.88. The van der Waals surface area contributed by atoms with E-state index in [1.807, 2.05) is 30.3 Å². The maximum absolute atomic E-state index is 10.7. The van der Waals surface area contributed by atoms with Gasteiger partial charge in [-0.15, -0.1) is 0 Å². The van der Waals surface area contributed by atoms with Crippen LogP contribution in [0.25, 0.3) is 0 Å². The summed E-state index contributed by atoms with van der Waals surface area (Å²) in [6.45, 7) is 0.0383. The Balaban J connectivity index is 2.62. The monoisotopic (exact) mass is 233 g/mol. The number of rotatable bonds is 6. The van der Waals surface area contributed by atoms with E-state index in [2.05, 4.69) is 11.4 Å². The van der Waals surface area contributed by atoms with Crippen molar-refractivity contribution in [3.05, 3.63) is 35.9 Å². The summed E-state index contributed by atoms with van der Waals surface area (Å²) in [7, 11) is 0. The normalized spacial score (nSPS) is 13.6. The topological polar surface area (TPSA) is 99.1 Å². The molecule has 1 amide bonds. The van der Waals surface area contributed by atoms with Crippen LogP contribution in [0, 0.1) is 11.3 Å². The molecule has 0 saturated carbocycles. The van der Waals surface area contributed by atoms with Crippen LogP contribution < -0.4 is 11.1 Å². The first-order valence-electron chi connectivity index (χ1n) is 5.27. The number of carbonyl (C=O) groups is 1. The zero-order chi connectivity index (χ0) is 12.7. The number of nitriles is 1. The summed E-state index contributed by atoms with van der Waals surface area (Å²) in [5.74, 6) is -0.777. The first-order valence-corrected chi connectivity index (χ1v) is 5.27. The minimum Gasteiger partial charge on any atom is -0.382 e. The van der Waals surface area contributed by atoms with Crippen molar-refractivity contribution in [1.82, 2.24) is 5.32 Å². The minimum absolute atomic E-state index is 0.0383. The molecule has 0 aromatic heterocycles. The van der Waals surface area contributed by atoms with E-state index in [1.54, 1.807) is 0 Å². The molecule has 5 heteroatoms. The average Bonchev–Trinajstić information content (AvgIpc) is 2.35. The molecule has 90 valence electrons. The number of hydrogen-bond donors (Lipinski definition) is 3. The Morgan fingerprint density at radius 1 is 1.47 bits per heavy atom. The fourth-order valence-electron chi connectivity index (χ4n) is 1.44. The molecule has 0 fully saturated rings. The second kappa shape index (κ2) is 6.63. The zero-order valence-electron chi connectivity index (χ0n) is 9.34. The zero-order valence-corrected chi connectivity index (χ0v) is 9.34. The third-order valence-electron chi connectivity index (χ3n) is 2.38. The molecule has 0 aliphatic rings. The van der Waals surface area contributed by atoms with Gasteiger partial charge in [0.2, 0.25) is 5.91 Å². The van der Waals surface area contributed by atoms with E-state index < -0.39 is 12.0 Å². The Morgan fingerprint density at radius 2 is 2.12 bits per heavy atom. The molecule has 1 aromatic rings. The van der Waals surface area contributed by atoms with Crippen LogP contribution in [-0.4, -0.2) is 23.7 Å². The summed E-state index contributed by atoms with van der Waals surface area (Å²) in [6.07, 6.45) is -0.977. The van der Waals surface area contributed by atoms with Crippen molar-refractivity contribution in [3.8, 4) is 6.07 Å². The second-order valence-corrected chi connectivity index (χ2v) is 3.65. The van der Waals surface area contributed by atoms with Gasteiger partial charge in [-0.25, -0.2) is 0 Å². The van der Waals surface area contributed by atoms with Crippen LogP contribution in [0.3, 0.4) is 0 Å². The van der Waals surface area contributed by atoms with Crippen LogP contribution in [-0.2, 0) is 4.79 Å². The summed E-state index contributed by atoms with van der Waals surface area (Å²) in [6, 6.07) is 11.2. The number of benzene rings is 1. The molecule has 0 aliphatic carbocycles. The molecular weight excluding hydrogens is 218 g/mol. The van der Waals surface area contributed by atoms with Gasteiger partial charge in [-0.05, 0) is 5.56 Å². The van der Waals surface area contributed by atoms with E-state index in [9.17, 15) is 9.90 Å². The summed E-state index contributed by atoms with van der Waals surface area (Å²) in [4.78, 5) is 10.7. The van der Waals surface area contributed by atoms with Crippen LogP contribution in [0.5, 0.6) is 0 Å². The number of nitrogens with two attached hydrogens (primary N) is 1. The molecular formula is C12H15N3O2. The van der Waals surface area contributed by atoms with E-state index in [1.165, 1.54) is 0 Å². The number of nitrogens with one attached hydrogen (secondary N) is 1. The molecule has 1 rings (SSSR count). The second-order valence-electron chi connectivity index (χ2n) is 3.65. The van der Waals surface area contributed by atoms with Crippen LogP contribution in [0.1, 0.15) is 18.0 Å². The largest absolute Gasteiger partial charge is 0.382 e. The molecule has 4 N–H and O–H groups in total. The van der Waals surface area contributed by atoms with E-state index >= 15 is 0 Å². The first kappa shape index (κ1) is 13.2. The molecule has 0 bridgehead atoms. The molecule has 2 unspecified atom stereocenters. The quantitative estimate of drug-likeness (QED) is 0.647. The Kier molecular flexibility index (Phi) is 5.14. The van der Waals surface area contributed by atoms with Crippen molar-refractivity contribution in [3.63, 3.8) is 0 Å². The fraction of sp³-hybridized carbons (Fsp3) is 0.333. The van der Waals surface area contributed by atoms with E-state index in [0.717, 1.165) is 5.56 Å². The Morgan fingerprint density at radius 3 is 2.65 bits per heavy atom. The van der Waals surface area contributed by atoms with Gasteiger partial charge < -0.3 is 16.2 Å². The molecule has 0 spiro atoms. The van der Waals surface area contributed by atoms with Gasteiger partial charge >= 0.3 is 0 Å². The molecule has 0 aliphatic heterocycles. The van der Waals surface area contributed by atoms with Gasteiger partial charge in [0.25, 0.3) is 0 Å². The van der Waals surface area contributed by atoms with Gasteiger partial charge in [-0.1, -0.05) is 30.3 Å². The number of aliphatic hydroxyl groups is 1. The summed E-state index contributed by atoms with van der Waals surface area (Å²) < 4.78 is 0. The summed E-state index contributed by atoms with van der Waals surface area (Å²) in [5, 5.41) is 20.9. The average molecular weight is 233 g/mol. The van der Waals surface area contributed by atoms with Crippen LogP contribution in [0.4, 0.5) is 0 Å². The van der Waals surface area contributed by atoms with Crippen molar-refractivity contribution < 1.29 is 9.90 Å². The highest BCUT2D eigenvalue weighted by Crippen LogP contribution is 2.15. The van der Waals surface area contributed by atoms with E-state index in [0.29, 0.717) is 0 Å². The van der Waals surface area contributed by atoms with E-state index in [-0.39, 0.29) is 19.0 Å². The van der Waals surface area contributed by atoms with Crippen molar-refractivity contribution in [1.29, 1.82) is 5.26 Å². The minimum atomic E-state index is -1.24. The maximum atomic E-state index is 10.7. The number of nitrogens with zero attached hydrogens (tertiary/aromatic N) is 1. The highest BCUT2D eigenvalue weighted by Gasteiger charge is 2.15. The molecule has 0 heterocycles. The lowest BCUT2D eigenvalue weighted by Gasteiger charge is -2.17. The smallest absolute Gasteiger partial charge is 0.247 e. The first-order chi connectivity index (χ1) is 8.15. The Labute approximate surface area is 99.9 Å². The van der Waals surface area contributed by atoms with Crippen molar-refractivity contribution >= 4 is 5.91 Å². The molecule has 1 aromatic carbocycles. The van der Waals surface area contributed by atoms with Gasteiger partial charge in [0, 0.05) is 12.6 Å². The van der Waals surface area contributed by atoms with Crippen molar-refractivity contribution in [2.45, 2.75) is 18.6 Å². The lowest BCUT2D eigenvalue weighted by atomic mass is 10.0. The van der Waals surface area contributed by atoms with Gasteiger partial charge in [0.15, 0.2) is 0 Å².